The van der Waals surface area contributed by atoms with Gasteiger partial charge in [0.2, 0.25) is 11.8 Å². The van der Waals surface area contributed by atoms with Crippen LogP contribution in [0.5, 0.6) is 0 Å². The molecule has 0 unspecified atom stereocenters. The van der Waals surface area contributed by atoms with E-state index >= 15 is 0 Å². The van der Waals surface area contributed by atoms with Crippen molar-refractivity contribution >= 4 is 29.2 Å². The molecule has 2 saturated carbocycles. The molecular formula is C30H37N3O4. The van der Waals surface area contributed by atoms with E-state index < -0.39 is 5.97 Å². The molecule has 1 saturated heterocycles. The number of amides is 2. The van der Waals surface area contributed by atoms with E-state index in [1.54, 1.807) is 4.90 Å². The van der Waals surface area contributed by atoms with E-state index in [4.69, 9.17) is 5.11 Å². The highest BCUT2D eigenvalue weighted by Crippen LogP contribution is 2.36. The van der Waals surface area contributed by atoms with Gasteiger partial charge in [-0.25, -0.2) is 0 Å². The fourth-order valence-corrected chi connectivity index (χ4v) is 5.14. The number of hydrogen-bond donors (Lipinski definition) is 2. The number of carboxylic acid groups (broad SMARTS) is 1. The molecule has 3 aliphatic rings. The number of nitrogens with one attached hydrogen (secondary N) is 1. The molecule has 1 heterocycles. The van der Waals surface area contributed by atoms with E-state index in [2.05, 4.69) is 34.5 Å². The summed E-state index contributed by atoms with van der Waals surface area (Å²) >= 11 is 0. The molecular weight excluding hydrogens is 466 g/mol. The molecule has 0 bridgehead atoms. The summed E-state index contributed by atoms with van der Waals surface area (Å²) in [5.41, 5.74) is 4.95. The van der Waals surface area contributed by atoms with E-state index in [0.29, 0.717) is 6.54 Å². The van der Waals surface area contributed by atoms with Crippen molar-refractivity contribution in [2.45, 2.75) is 64.3 Å². The van der Waals surface area contributed by atoms with Gasteiger partial charge in [0.1, 0.15) is 0 Å². The quantitative estimate of drug-likeness (QED) is 0.459. The normalized spacial score (nSPS) is 17.7. The van der Waals surface area contributed by atoms with Gasteiger partial charge in [0.25, 0.3) is 0 Å². The maximum absolute atomic E-state index is 12.8. The zero-order valence-corrected chi connectivity index (χ0v) is 21.5. The Balaban J connectivity index is 1.39. The van der Waals surface area contributed by atoms with E-state index in [1.807, 2.05) is 18.2 Å². The van der Waals surface area contributed by atoms with E-state index in [1.165, 1.54) is 12.8 Å². The lowest BCUT2D eigenvalue weighted by atomic mass is 10.0. The third-order valence-corrected chi connectivity index (χ3v) is 7.62. The van der Waals surface area contributed by atoms with Crippen LogP contribution in [-0.2, 0) is 20.9 Å². The van der Waals surface area contributed by atoms with Crippen molar-refractivity contribution in [3.8, 4) is 11.1 Å². The van der Waals surface area contributed by atoms with Crippen LogP contribution in [-0.4, -0.2) is 47.4 Å². The number of anilines is 2. The van der Waals surface area contributed by atoms with Crippen molar-refractivity contribution in [1.29, 1.82) is 0 Å². The Morgan fingerprint density at radius 2 is 1.59 bits per heavy atom. The second-order valence-electron chi connectivity index (χ2n) is 10.8. The zero-order chi connectivity index (χ0) is 25.8. The molecule has 2 aromatic rings. The molecule has 2 aliphatic carbocycles. The van der Waals surface area contributed by atoms with Crippen LogP contribution in [0.2, 0.25) is 0 Å². The summed E-state index contributed by atoms with van der Waals surface area (Å²) in [5.74, 6) is -0.563. The number of carbonyl (C=O) groups is 3. The lowest BCUT2D eigenvalue weighted by Crippen LogP contribution is -2.33. The molecule has 7 nitrogen and oxygen atoms in total. The maximum Gasteiger partial charge on any atom is 0.305 e. The molecule has 7 heteroatoms. The van der Waals surface area contributed by atoms with Crippen LogP contribution >= 0.6 is 0 Å². The van der Waals surface area contributed by atoms with Crippen molar-refractivity contribution in [2.75, 3.05) is 29.9 Å². The Bertz CT molecular complexity index is 1150. The molecule has 37 heavy (non-hydrogen) atoms. The lowest BCUT2D eigenvalue weighted by molar-refractivity contribution is -0.139. The summed E-state index contributed by atoms with van der Waals surface area (Å²) in [6.45, 7) is 2.62. The predicted molar refractivity (Wildman–Crippen MR) is 144 cm³/mol. The summed E-state index contributed by atoms with van der Waals surface area (Å²) in [5, 5.41) is 12.4. The van der Waals surface area contributed by atoms with Crippen LogP contribution in [0.25, 0.3) is 11.1 Å². The summed E-state index contributed by atoms with van der Waals surface area (Å²) in [6.07, 6.45) is 8.48. The minimum absolute atomic E-state index is 0.0427. The Labute approximate surface area is 218 Å². The molecule has 2 aromatic carbocycles. The number of rotatable bonds is 10. The topological polar surface area (TPSA) is 89.9 Å². The van der Waals surface area contributed by atoms with E-state index in [-0.39, 0.29) is 36.6 Å². The standard InChI is InChI=1S/C30H37N3O4/c34-28(35)14-17-33(30(37)23-10-11-23)20-21-6-5-7-24(18-21)25-12-13-27(32-15-3-1-2-4-16-32)26(19-25)31-29(36)22-8-9-22/h5-7,12-13,18-19,22-23H,1-4,8-11,14-17,20H2,(H,31,36)(H,34,35). The number of aliphatic carboxylic acids is 1. The second-order valence-corrected chi connectivity index (χ2v) is 10.8. The van der Waals surface area contributed by atoms with Gasteiger partial charge in [0.15, 0.2) is 0 Å². The highest BCUT2D eigenvalue weighted by molar-refractivity contribution is 5.98. The molecule has 196 valence electrons. The number of hydrogen-bond acceptors (Lipinski definition) is 4. The number of benzene rings is 2. The number of nitrogens with zero attached hydrogens (tertiary/aromatic N) is 2. The van der Waals surface area contributed by atoms with Crippen molar-refractivity contribution < 1.29 is 19.5 Å². The SMILES string of the molecule is O=C(O)CCN(Cc1cccc(-c2ccc(N3CCCCCC3)c(NC(=O)C3CC3)c2)c1)C(=O)C1CC1. The molecule has 0 spiro atoms. The fraction of sp³-hybridized carbons (Fsp3) is 0.500. The minimum Gasteiger partial charge on any atom is -0.481 e. The summed E-state index contributed by atoms with van der Waals surface area (Å²) in [7, 11) is 0. The molecule has 5 rings (SSSR count). The first-order valence-corrected chi connectivity index (χ1v) is 13.8. The first-order chi connectivity index (χ1) is 18.0. The van der Waals surface area contributed by atoms with Crippen LogP contribution in [0.1, 0.15) is 63.4 Å². The molecule has 2 amide bonds. The Morgan fingerprint density at radius 3 is 2.27 bits per heavy atom. The Morgan fingerprint density at radius 1 is 0.892 bits per heavy atom. The summed E-state index contributed by atoms with van der Waals surface area (Å²) in [4.78, 5) is 40.7. The zero-order valence-electron chi connectivity index (χ0n) is 21.5. The van der Waals surface area contributed by atoms with Gasteiger partial charge >= 0.3 is 5.97 Å². The van der Waals surface area contributed by atoms with Gasteiger partial charge in [0.05, 0.1) is 17.8 Å². The van der Waals surface area contributed by atoms with Gasteiger partial charge in [-0.05, 0) is 73.4 Å². The van der Waals surface area contributed by atoms with Crippen molar-refractivity contribution in [3.63, 3.8) is 0 Å². The Hall–Kier alpha value is -3.35. The van der Waals surface area contributed by atoms with Gasteiger partial charge in [0, 0.05) is 38.0 Å². The molecule has 2 N–H and O–H groups in total. The first-order valence-electron chi connectivity index (χ1n) is 13.8. The molecule has 0 atom stereocenters. The first kappa shape index (κ1) is 25.3. The van der Waals surface area contributed by atoms with Crippen LogP contribution in [0.15, 0.2) is 42.5 Å². The monoisotopic (exact) mass is 503 g/mol. The number of carboxylic acids is 1. The van der Waals surface area contributed by atoms with Crippen LogP contribution < -0.4 is 10.2 Å². The summed E-state index contributed by atoms with van der Waals surface area (Å²) in [6, 6.07) is 14.4. The van der Waals surface area contributed by atoms with Crippen molar-refractivity contribution in [2.24, 2.45) is 11.8 Å². The summed E-state index contributed by atoms with van der Waals surface area (Å²) < 4.78 is 0. The smallest absolute Gasteiger partial charge is 0.305 e. The van der Waals surface area contributed by atoms with Crippen LogP contribution in [0, 0.1) is 11.8 Å². The van der Waals surface area contributed by atoms with Gasteiger partial charge in [-0.3, -0.25) is 14.4 Å². The average molecular weight is 504 g/mol. The van der Waals surface area contributed by atoms with E-state index in [0.717, 1.165) is 79.7 Å². The number of carbonyl (C=O) groups excluding carboxylic acids is 2. The third-order valence-electron chi connectivity index (χ3n) is 7.62. The second kappa shape index (κ2) is 11.4. The largest absolute Gasteiger partial charge is 0.481 e. The predicted octanol–water partition coefficient (Wildman–Crippen LogP) is 5.30. The maximum atomic E-state index is 12.8. The lowest BCUT2D eigenvalue weighted by Gasteiger charge is -2.26. The van der Waals surface area contributed by atoms with Crippen LogP contribution in [0.4, 0.5) is 11.4 Å². The van der Waals surface area contributed by atoms with Crippen molar-refractivity contribution in [3.05, 3.63) is 48.0 Å². The van der Waals surface area contributed by atoms with Gasteiger partial charge < -0.3 is 20.2 Å². The van der Waals surface area contributed by atoms with E-state index in [9.17, 15) is 14.4 Å². The Kier molecular flexibility index (Phi) is 7.77. The minimum atomic E-state index is -0.896. The van der Waals surface area contributed by atoms with Gasteiger partial charge in [-0.1, -0.05) is 37.1 Å². The molecule has 1 aliphatic heterocycles. The average Bonchev–Trinajstić information content (AvgIpc) is 3.79. The highest BCUT2D eigenvalue weighted by atomic mass is 16.4. The molecule has 0 aromatic heterocycles. The highest BCUT2D eigenvalue weighted by Gasteiger charge is 2.33. The van der Waals surface area contributed by atoms with Crippen LogP contribution in [0.3, 0.4) is 0 Å². The van der Waals surface area contributed by atoms with Gasteiger partial charge in [-0.2, -0.15) is 0 Å². The fourth-order valence-electron chi connectivity index (χ4n) is 5.14. The molecule has 3 fully saturated rings. The molecule has 0 radical (unpaired) electrons. The van der Waals surface area contributed by atoms with Gasteiger partial charge in [-0.15, -0.1) is 0 Å². The van der Waals surface area contributed by atoms with Crippen molar-refractivity contribution in [1.82, 2.24) is 4.90 Å². The third kappa shape index (κ3) is 6.70.